The molecule has 7 heteroatoms. The Kier molecular flexibility index (Phi) is 6.97. The first-order valence-electron chi connectivity index (χ1n) is 7.44. The zero-order valence-corrected chi connectivity index (χ0v) is 15.5. The number of carbonyl (C=O) groups excluding carboxylic acids is 1. The van der Waals surface area contributed by atoms with E-state index in [1.54, 1.807) is 31.5 Å². The minimum atomic E-state index is -0.617. The van der Waals surface area contributed by atoms with Crippen molar-refractivity contribution < 1.29 is 23.7 Å². The number of pyridine rings is 1. The van der Waals surface area contributed by atoms with Gasteiger partial charge in [-0.25, -0.2) is 9.78 Å². The molecule has 0 amide bonds. The van der Waals surface area contributed by atoms with Gasteiger partial charge in [0.15, 0.2) is 11.5 Å². The third kappa shape index (κ3) is 5.30. The minimum Gasteiger partial charge on any atom is -0.487 e. The highest BCUT2D eigenvalue weighted by molar-refractivity contribution is 9.10. The molecule has 1 aromatic carbocycles. The molecule has 132 valence electrons. The van der Waals surface area contributed by atoms with Crippen molar-refractivity contribution in [2.45, 2.75) is 6.92 Å². The SMILES string of the molecule is C=CC(=O)Oc1c(OCCOC)cccc1Oc1ncc(Br)cc1C. The molecule has 0 aliphatic rings. The van der Waals surface area contributed by atoms with Gasteiger partial charge in [-0.05, 0) is 41.1 Å². The summed E-state index contributed by atoms with van der Waals surface area (Å²) in [6.45, 7) is 5.96. The van der Waals surface area contributed by atoms with Crippen LogP contribution in [0.25, 0.3) is 0 Å². The van der Waals surface area contributed by atoms with Gasteiger partial charge in [0.1, 0.15) is 6.61 Å². The number of methoxy groups -OCH3 is 1. The maximum Gasteiger partial charge on any atom is 0.335 e. The van der Waals surface area contributed by atoms with Crippen molar-refractivity contribution in [1.29, 1.82) is 0 Å². The van der Waals surface area contributed by atoms with E-state index in [0.717, 1.165) is 16.1 Å². The normalized spacial score (nSPS) is 10.2. The van der Waals surface area contributed by atoms with E-state index >= 15 is 0 Å². The Labute approximate surface area is 154 Å². The molecule has 0 aliphatic heterocycles. The predicted octanol–water partition coefficient (Wildman–Crippen LogP) is 4.06. The maximum absolute atomic E-state index is 11.7. The first-order chi connectivity index (χ1) is 12.0. The summed E-state index contributed by atoms with van der Waals surface area (Å²) < 4.78 is 22.6. The monoisotopic (exact) mass is 407 g/mol. The summed E-state index contributed by atoms with van der Waals surface area (Å²) in [6.07, 6.45) is 2.69. The topological polar surface area (TPSA) is 66.9 Å². The second kappa shape index (κ2) is 9.19. The van der Waals surface area contributed by atoms with Crippen LogP contribution in [0.5, 0.6) is 23.1 Å². The number of aromatic nitrogens is 1. The third-order valence-electron chi connectivity index (χ3n) is 3.06. The zero-order valence-electron chi connectivity index (χ0n) is 14.0. The fraction of sp³-hybridized carbons (Fsp3) is 0.222. The number of hydrogen-bond acceptors (Lipinski definition) is 6. The van der Waals surface area contributed by atoms with E-state index in [0.29, 0.717) is 30.6 Å². The number of esters is 1. The van der Waals surface area contributed by atoms with Gasteiger partial charge in [-0.15, -0.1) is 0 Å². The van der Waals surface area contributed by atoms with Gasteiger partial charge in [-0.3, -0.25) is 0 Å². The van der Waals surface area contributed by atoms with Crippen LogP contribution in [0.15, 0.2) is 47.6 Å². The van der Waals surface area contributed by atoms with E-state index in [9.17, 15) is 4.79 Å². The molecule has 0 fully saturated rings. The molecule has 0 atom stereocenters. The van der Waals surface area contributed by atoms with Gasteiger partial charge >= 0.3 is 5.97 Å². The average molecular weight is 408 g/mol. The molecule has 0 unspecified atom stereocenters. The molecule has 2 rings (SSSR count). The highest BCUT2D eigenvalue weighted by atomic mass is 79.9. The Morgan fingerprint density at radius 3 is 2.76 bits per heavy atom. The Balaban J connectivity index is 2.35. The summed E-state index contributed by atoms with van der Waals surface area (Å²) in [5.41, 5.74) is 0.820. The predicted molar refractivity (Wildman–Crippen MR) is 96.4 cm³/mol. The summed E-state index contributed by atoms with van der Waals surface area (Å²) in [5.74, 6) is 0.608. The van der Waals surface area contributed by atoms with E-state index < -0.39 is 5.97 Å². The summed E-state index contributed by atoms with van der Waals surface area (Å²) in [5, 5.41) is 0. The third-order valence-corrected chi connectivity index (χ3v) is 3.49. The van der Waals surface area contributed by atoms with Crippen LogP contribution in [0.3, 0.4) is 0 Å². The smallest absolute Gasteiger partial charge is 0.335 e. The summed E-state index contributed by atoms with van der Waals surface area (Å²) in [6, 6.07) is 6.95. The molecule has 6 nitrogen and oxygen atoms in total. The van der Waals surface area contributed by atoms with Gasteiger partial charge in [-0.2, -0.15) is 0 Å². The van der Waals surface area contributed by atoms with Gasteiger partial charge in [0, 0.05) is 29.4 Å². The number of nitrogens with zero attached hydrogens (tertiary/aromatic N) is 1. The Morgan fingerprint density at radius 2 is 2.08 bits per heavy atom. The number of rotatable bonds is 8. The molecule has 0 N–H and O–H groups in total. The number of hydrogen-bond donors (Lipinski definition) is 0. The fourth-order valence-corrected chi connectivity index (χ4v) is 2.35. The molecule has 2 aromatic rings. The second-order valence-electron chi connectivity index (χ2n) is 4.93. The lowest BCUT2D eigenvalue weighted by atomic mass is 10.2. The van der Waals surface area contributed by atoms with E-state index in [1.807, 2.05) is 13.0 Å². The highest BCUT2D eigenvalue weighted by Crippen LogP contribution is 2.40. The molecule has 0 bridgehead atoms. The van der Waals surface area contributed by atoms with Crippen molar-refractivity contribution in [3.05, 3.63) is 53.2 Å². The van der Waals surface area contributed by atoms with Gasteiger partial charge in [0.2, 0.25) is 11.6 Å². The largest absolute Gasteiger partial charge is 0.487 e. The van der Waals surface area contributed by atoms with E-state index in [1.165, 1.54) is 0 Å². The van der Waals surface area contributed by atoms with Crippen molar-refractivity contribution in [2.24, 2.45) is 0 Å². The fourth-order valence-electron chi connectivity index (χ4n) is 1.91. The van der Waals surface area contributed by atoms with Crippen LogP contribution in [-0.4, -0.2) is 31.3 Å². The summed E-state index contributed by atoms with van der Waals surface area (Å²) in [4.78, 5) is 15.9. The standard InChI is InChI=1S/C18H18BrNO5/c1-4-16(21)25-17-14(23-9-8-22-3)6-5-7-15(17)24-18-12(2)10-13(19)11-20-18/h4-7,10-11H,1,8-9H2,2-3H3. The molecule has 1 heterocycles. The van der Waals surface area contributed by atoms with Crippen molar-refractivity contribution in [1.82, 2.24) is 4.98 Å². The number of benzene rings is 1. The van der Waals surface area contributed by atoms with Crippen LogP contribution in [-0.2, 0) is 9.53 Å². The number of halogens is 1. The van der Waals surface area contributed by atoms with Gasteiger partial charge in [-0.1, -0.05) is 12.6 Å². The molecular weight excluding hydrogens is 390 g/mol. The van der Waals surface area contributed by atoms with Crippen LogP contribution in [0.4, 0.5) is 0 Å². The van der Waals surface area contributed by atoms with Gasteiger partial charge in [0.25, 0.3) is 0 Å². The lowest BCUT2D eigenvalue weighted by Gasteiger charge is -2.15. The highest BCUT2D eigenvalue weighted by Gasteiger charge is 2.17. The summed E-state index contributed by atoms with van der Waals surface area (Å²) >= 11 is 3.35. The second-order valence-corrected chi connectivity index (χ2v) is 5.84. The van der Waals surface area contributed by atoms with E-state index in [-0.39, 0.29) is 5.75 Å². The Bertz CT molecular complexity index is 763. The molecule has 0 saturated carbocycles. The molecule has 0 saturated heterocycles. The van der Waals surface area contributed by atoms with Crippen LogP contribution >= 0.6 is 15.9 Å². The summed E-state index contributed by atoms with van der Waals surface area (Å²) in [7, 11) is 1.57. The zero-order chi connectivity index (χ0) is 18.2. The van der Waals surface area contributed by atoms with Crippen LogP contribution in [0, 0.1) is 6.92 Å². The number of para-hydroxylation sites is 1. The number of carbonyl (C=O) groups is 1. The first-order valence-corrected chi connectivity index (χ1v) is 8.23. The molecule has 0 spiro atoms. The quantitative estimate of drug-likeness (QED) is 0.284. The van der Waals surface area contributed by atoms with Gasteiger partial charge in [0.05, 0.1) is 6.61 Å². The average Bonchev–Trinajstić information content (AvgIpc) is 2.59. The minimum absolute atomic E-state index is 0.160. The van der Waals surface area contributed by atoms with Gasteiger partial charge < -0.3 is 18.9 Å². The first kappa shape index (κ1) is 19.0. The number of aryl methyl sites for hydroxylation is 1. The lowest BCUT2D eigenvalue weighted by molar-refractivity contribution is -0.129. The van der Waals surface area contributed by atoms with Crippen molar-refractivity contribution in [2.75, 3.05) is 20.3 Å². The lowest BCUT2D eigenvalue weighted by Crippen LogP contribution is -2.09. The van der Waals surface area contributed by atoms with Crippen LogP contribution < -0.4 is 14.2 Å². The molecular formula is C18H18BrNO5. The van der Waals surface area contributed by atoms with Crippen molar-refractivity contribution in [3.8, 4) is 23.1 Å². The maximum atomic E-state index is 11.7. The molecule has 0 aliphatic carbocycles. The van der Waals surface area contributed by atoms with Crippen LogP contribution in [0.2, 0.25) is 0 Å². The van der Waals surface area contributed by atoms with E-state index in [4.69, 9.17) is 18.9 Å². The molecule has 25 heavy (non-hydrogen) atoms. The molecule has 0 radical (unpaired) electrons. The Hall–Kier alpha value is -2.38. The molecule has 1 aromatic heterocycles. The number of ether oxygens (including phenoxy) is 4. The van der Waals surface area contributed by atoms with Crippen molar-refractivity contribution >= 4 is 21.9 Å². The van der Waals surface area contributed by atoms with Crippen LogP contribution in [0.1, 0.15) is 5.56 Å². The Morgan fingerprint density at radius 1 is 1.32 bits per heavy atom. The van der Waals surface area contributed by atoms with E-state index in [2.05, 4.69) is 27.5 Å². The van der Waals surface area contributed by atoms with Crippen molar-refractivity contribution in [3.63, 3.8) is 0 Å².